The molecular weight excluding hydrogens is 315 g/mol. The highest BCUT2D eigenvalue weighted by Crippen LogP contribution is 2.60. The Bertz CT molecular complexity index is 530. The lowest BCUT2D eigenvalue weighted by atomic mass is 10.4. The van der Waals surface area contributed by atoms with E-state index in [2.05, 4.69) is 6.58 Å². The molecule has 1 heterocycles. The molecule has 108 valence electrons. The quantitative estimate of drug-likeness (QED) is 0.554. The topological polar surface area (TPSA) is 35.5 Å². The zero-order valence-electron chi connectivity index (χ0n) is 10.9. The highest BCUT2D eigenvalue weighted by atomic mass is 35.5. The molecule has 0 aromatic heterocycles. The average molecular weight is 331 g/mol. The maximum Gasteiger partial charge on any atom is 0.344 e. The molecular formula is C14H16ClO3PS. The molecule has 2 rings (SSSR count). The molecule has 3 nitrogen and oxygen atoms in total. The van der Waals surface area contributed by atoms with Crippen molar-refractivity contribution >= 4 is 31.0 Å². The fourth-order valence-corrected chi connectivity index (χ4v) is 5.28. The SMILES string of the molecule is C=CCOP1(=O)OCC=CCC1Sc1ccc(Cl)cc1. The Kier molecular flexibility index (Phi) is 5.94. The van der Waals surface area contributed by atoms with Crippen molar-refractivity contribution in [2.24, 2.45) is 0 Å². The van der Waals surface area contributed by atoms with Crippen LogP contribution in [0.3, 0.4) is 0 Å². The molecule has 0 radical (unpaired) electrons. The summed E-state index contributed by atoms with van der Waals surface area (Å²) in [6.45, 7) is 4.11. The zero-order valence-corrected chi connectivity index (χ0v) is 13.4. The molecule has 6 heteroatoms. The molecule has 1 aliphatic heterocycles. The van der Waals surface area contributed by atoms with E-state index in [0.29, 0.717) is 18.1 Å². The van der Waals surface area contributed by atoms with Gasteiger partial charge in [0.1, 0.15) is 4.99 Å². The summed E-state index contributed by atoms with van der Waals surface area (Å²) in [5.41, 5.74) is 0. The van der Waals surface area contributed by atoms with Crippen LogP contribution in [0.5, 0.6) is 0 Å². The van der Waals surface area contributed by atoms with Crippen LogP contribution in [0.15, 0.2) is 54.0 Å². The maximum absolute atomic E-state index is 12.8. The monoisotopic (exact) mass is 330 g/mol. The van der Waals surface area contributed by atoms with Gasteiger partial charge in [0.2, 0.25) is 0 Å². The van der Waals surface area contributed by atoms with Crippen molar-refractivity contribution in [3.8, 4) is 0 Å². The third-order valence-corrected chi connectivity index (χ3v) is 6.95. The standard InChI is InChI=1S/C14H16ClO3PS/c1-2-10-17-19(16)14(5-3-4-11-18-19)20-13-8-6-12(15)7-9-13/h2-4,6-9,14H,1,5,10-11H2. The van der Waals surface area contributed by atoms with Crippen LogP contribution < -0.4 is 0 Å². The zero-order chi connectivity index (χ0) is 14.4. The van der Waals surface area contributed by atoms with E-state index >= 15 is 0 Å². The molecule has 0 saturated carbocycles. The lowest BCUT2D eigenvalue weighted by Crippen LogP contribution is -2.08. The van der Waals surface area contributed by atoms with Gasteiger partial charge in [-0.05, 0) is 30.7 Å². The van der Waals surface area contributed by atoms with E-state index < -0.39 is 7.60 Å². The van der Waals surface area contributed by atoms with Gasteiger partial charge >= 0.3 is 7.60 Å². The van der Waals surface area contributed by atoms with Crippen LogP contribution >= 0.6 is 31.0 Å². The summed E-state index contributed by atoms with van der Waals surface area (Å²) in [5.74, 6) is 0. The predicted molar refractivity (Wildman–Crippen MR) is 84.6 cm³/mol. The van der Waals surface area contributed by atoms with Crippen molar-refractivity contribution in [1.82, 2.24) is 0 Å². The summed E-state index contributed by atoms with van der Waals surface area (Å²) in [6.07, 6.45) is 6.06. The molecule has 1 aromatic carbocycles. The number of benzene rings is 1. The van der Waals surface area contributed by atoms with Crippen LogP contribution in [0.4, 0.5) is 0 Å². The Hall–Kier alpha value is -0.510. The second-order valence-corrected chi connectivity index (χ2v) is 8.43. The second kappa shape index (κ2) is 7.48. The van der Waals surface area contributed by atoms with Gasteiger partial charge in [0.05, 0.1) is 13.2 Å². The predicted octanol–water partition coefficient (Wildman–Crippen LogP) is 5.13. The fourth-order valence-electron chi connectivity index (χ4n) is 1.70. The molecule has 0 spiro atoms. The summed E-state index contributed by atoms with van der Waals surface area (Å²) in [5, 5.41) is 0.678. The van der Waals surface area contributed by atoms with E-state index in [1.54, 1.807) is 6.08 Å². The molecule has 0 aliphatic carbocycles. The van der Waals surface area contributed by atoms with Crippen LogP contribution in [-0.2, 0) is 13.6 Å². The first kappa shape index (κ1) is 15.9. The van der Waals surface area contributed by atoms with Gasteiger partial charge in [0, 0.05) is 9.92 Å². The number of allylic oxidation sites excluding steroid dienone is 1. The molecule has 0 fully saturated rings. The summed E-state index contributed by atoms with van der Waals surface area (Å²) in [4.78, 5) is 0.725. The van der Waals surface area contributed by atoms with E-state index in [1.807, 2.05) is 36.4 Å². The van der Waals surface area contributed by atoms with Gasteiger partial charge < -0.3 is 9.05 Å². The number of thioether (sulfide) groups is 1. The largest absolute Gasteiger partial charge is 0.344 e. The van der Waals surface area contributed by atoms with E-state index in [1.165, 1.54) is 11.8 Å². The van der Waals surface area contributed by atoms with Crippen molar-refractivity contribution in [3.05, 3.63) is 54.1 Å². The van der Waals surface area contributed by atoms with Crippen LogP contribution in [0.2, 0.25) is 5.02 Å². The second-order valence-electron chi connectivity index (χ2n) is 4.15. The summed E-state index contributed by atoms with van der Waals surface area (Å²) in [7, 11) is -3.16. The van der Waals surface area contributed by atoms with Crippen LogP contribution in [-0.4, -0.2) is 18.2 Å². The molecule has 0 bridgehead atoms. The average Bonchev–Trinajstić information content (AvgIpc) is 2.62. The Morgan fingerprint density at radius 2 is 2.20 bits per heavy atom. The van der Waals surface area contributed by atoms with E-state index in [4.69, 9.17) is 20.6 Å². The van der Waals surface area contributed by atoms with Crippen molar-refractivity contribution < 1.29 is 13.6 Å². The minimum absolute atomic E-state index is 0.217. The number of hydrogen-bond acceptors (Lipinski definition) is 4. The Balaban J connectivity index is 2.15. The van der Waals surface area contributed by atoms with Gasteiger partial charge in [0.15, 0.2) is 0 Å². The lowest BCUT2D eigenvalue weighted by molar-refractivity contribution is 0.237. The maximum atomic E-state index is 12.8. The highest BCUT2D eigenvalue weighted by molar-refractivity contribution is 8.05. The smallest absolute Gasteiger partial charge is 0.304 e. The Labute approximate surface area is 128 Å². The van der Waals surface area contributed by atoms with E-state index in [0.717, 1.165) is 4.90 Å². The van der Waals surface area contributed by atoms with E-state index in [9.17, 15) is 4.57 Å². The molecule has 1 aromatic rings. The number of halogens is 1. The van der Waals surface area contributed by atoms with E-state index in [-0.39, 0.29) is 11.6 Å². The van der Waals surface area contributed by atoms with Crippen LogP contribution in [0.25, 0.3) is 0 Å². The molecule has 0 amide bonds. The number of rotatable bonds is 5. The molecule has 0 saturated heterocycles. The van der Waals surface area contributed by atoms with Gasteiger partial charge in [-0.25, -0.2) is 0 Å². The third kappa shape index (κ3) is 4.24. The van der Waals surface area contributed by atoms with Gasteiger partial charge in [0.25, 0.3) is 0 Å². The summed E-state index contributed by atoms with van der Waals surface area (Å²) >= 11 is 7.36. The third-order valence-electron chi connectivity index (χ3n) is 2.67. The Morgan fingerprint density at radius 3 is 2.90 bits per heavy atom. The first-order chi connectivity index (χ1) is 9.64. The Morgan fingerprint density at radius 1 is 1.45 bits per heavy atom. The first-order valence-corrected chi connectivity index (χ1v) is 9.08. The van der Waals surface area contributed by atoms with Gasteiger partial charge in [-0.2, -0.15) is 0 Å². The summed E-state index contributed by atoms with van der Waals surface area (Å²) in [6, 6.07) is 7.43. The summed E-state index contributed by atoms with van der Waals surface area (Å²) < 4.78 is 23.7. The van der Waals surface area contributed by atoms with Crippen molar-refractivity contribution in [1.29, 1.82) is 0 Å². The lowest BCUT2D eigenvalue weighted by Gasteiger charge is -2.23. The van der Waals surface area contributed by atoms with Crippen molar-refractivity contribution in [2.45, 2.75) is 16.3 Å². The van der Waals surface area contributed by atoms with Gasteiger partial charge in [-0.15, -0.1) is 18.3 Å². The number of hydrogen-bond donors (Lipinski definition) is 0. The van der Waals surface area contributed by atoms with Gasteiger partial charge in [-0.1, -0.05) is 29.8 Å². The van der Waals surface area contributed by atoms with Crippen LogP contribution in [0.1, 0.15) is 6.42 Å². The molecule has 2 atom stereocenters. The molecule has 0 N–H and O–H groups in total. The first-order valence-electron chi connectivity index (χ1n) is 6.21. The minimum Gasteiger partial charge on any atom is -0.304 e. The van der Waals surface area contributed by atoms with Crippen molar-refractivity contribution in [2.75, 3.05) is 13.2 Å². The minimum atomic E-state index is -3.16. The molecule has 20 heavy (non-hydrogen) atoms. The van der Waals surface area contributed by atoms with Crippen LogP contribution in [0, 0.1) is 0 Å². The molecule has 2 unspecified atom stereocenters. The highest BCUT2D eigenvalue weighted by Gasteiger charge is 2.36. The fraction of sp³-hybridized carbons (Fsp3) is 0.286. The van der Waals surface area contributed by atoms with Gasteiger partial charge in [-0.3, -0.25) is 4.57 Å². The van der Waals surface area contributed by atoms with Crippen molar-refractivity contribution in [3.63, 3.8) is 0 Å². The normalized spacial score (nSPS) is 26.1. The molecule has 1 aliphatic rings.